The smallest absolute Gasteiger partial charge is 0.0978 e. The van der Waals surface area contributed by atoms with Crippen LogP contribution in [0, 0.1) is 13.8 Å². The lowest BCUT2D eigenvalue weighted by Crippen LogP contribution is -2.47. The second-order valence-electron chi connectivity index (χ2n) is 7.40. The first kappa shape index (κ1) is 17.1. The molecule has 0 N–H and O–H groups in total. The first-order valence-electron chi connectivity index (χ1n) is 9.67. The molecule has 3 aromatic rings. The molecular formula is C25H27N. The predicted molar refractivity (Wildman–Crippen MR) is 109 cm³/mol. The molecule has 0 spiro atoms. The lowest BCUT2D eigenvalue weighted by Gasteiger charge is -2.45. The molecule has 0 amide bonds. The van der Waals surface area contributed by atoms with Gasteiger partial charge in [0.2, 0.25) is 0 Å². The van der Waals surface area contributed by atoms with Crippen LogP contribution in [0.2, 0.25) is 0 Å². The molecule has 1 nitrogen and oxygen atoms in total. The van der Waals surface area contributed by atoms with Gasteiger partial charge in [0, 0.05) is 0 Å². The van der Waals surface area contributed by atoms with Gasteiger partial charge in [-0.1, -0.05) is 78.9 Å². The Labute approximate surface area is 157 Å². The van der Waals surface area contributed by atoms with Gasteiger partial charge in [-0.3, -0.25) is 4.90 Å². The Morgan fingerprint density at radius 2 is 1.08 bits per heavy atom. The van der Waals surface area contributed by atoms with Crippen LogP contribution in [-0.2, 0) is 5.54 Å². The summed E-state index contributed by atoms with van der Waals surface area (Å²) >= 11 is 0. The van der Waals surface area contributed by atoms with Crippen molar-refractivity contribution < 1.29 is 0 Å². The van der Waals surface area contributed by atoms with E-state index in [1.165, 1.54) is 40.7 Å². The van der Waals surface area contributed by atoms with E-state index in [-0.39, 0.29) is 5.54 Å². The largest absolute Gasteiger partial charge is 0.286 e. The molecule has 4 rings (SSSR count). The topological polar surface area (TPSA) is 3.24 Å². The van der Waals surface area contributed by atoms with Crippen LogP contribution >= 0.6 is 0 Å². The van der Waals surface area contributed by atoms with Crippen molar-refractivity contribution in [2.24, 2.45) is 0 Å². The maximum Gasteiger partial charge on any atom is 0.0978 e. The van der Waals surface area contributed by atoms with Gasteiger partial charge >= 0.3 is 0 Å². The summed E-state index contributed by atoms with van der Waals surface area (Å²) in [5, 5.41) is 0. The van der Waals surface area contributed by atoms with Gasteiger partial charge < -0.3 is 0 Å². The van der Waals surface area contributed by atoms with Crippen LogP contribution < -0.4 is 0 Å². The van der Waals surface area contributed by atoms with Crippen LogP contribution in [0.4, 0.5) is 0 Å². The van der Waals surface area contributed by atoms with E-state index in [2.05, 4.69) is 97.6 Å². The summed E-state index contributed by atoms with van der Waals surface area (Å²) in [6.07, 6.45) is 2.54. The van der Waals surface area contributed by atoms with E-state index in [0.717, 1.165) is 13.1 Å². The van der Waals surface area contributed by atoms with E-state index < -0.39 is 0 Å². The zero-order valence-corrected chi connectivity index (χ0v) is 15.8. The molecule has 1 fully saturated rings. The van der Waals surface area contributed by atoms with Gasteiger partial charge in [-0.25, -0.2) is 0 Å². The Bertz CT molecular complexity index is 830. The summed E-state index contributed by atoms with van der Waals surface area (Å²) in [5.41, 5.74) is 6.65. The van der Waals surface area contributed by atoms with E-state index in [4.69, 9.17) is 0 Å². The Morgan fingerprint density at radius 1 is 0.615 bits per heavy atom. The van der Waals surface area contributed by atoms with Gasteiger partial charge in [0.05, 0.1) is 5.54 Å². The Hall–Kier alpha value is -2.38. The van der Waals surface area contributed by atoms with Crippen molar-refractivity contribution in [3.8, 4) is 0 Å². The van der Waals surface area contributed by atoms with E-state index in [9.17, 15) is 0 Å². The highest BCUT2D eigenvalue weighted by Crippen LogP contribution is 2.46. The van der Waals surface area contributed by atoms with Crippen molar-refractivity contribution in [2.75, 3.05) is 13.1 Å². The van der Waals surface area contributed by atoms with E-state index in [1.807, 2.05) is 0 Å². The fourth-order valence-corrected chi connectivity index (χ4v) is 4.67. The van der Waals surface area contributed by atoms with E-state index in [0.29, 0.717) is 0 Å². The fourth-order valence-electron chi connectivity index (χ4n) is 4.67. The van der Waals surface area contributed by atoms with Crippen molar-refractivity contribution >= 4 is 0 Å². The first-order valence-corrected chi connectivity index (χ1v) is 9.67. The molecule has 0 unspecified atom stereocenters. The average Bonchev–Trinajstić information content (AvgIpc) is 3.21. The van der Waals surface area contributed by atoms with Gasteiger partial charge in [0.15, 0.2) is 0 Å². The number of likely N-dealkylation sites (tertiary alicyclic amines) is 1. The third-order valence-corrected chi connectivity index (χ3v) is 5.84. The molecule has 0 saturated carbocycles. The summed E-state index contributed by atoms with van der Waals surface area (Å²) in [7, 11) is 0. The zero-order valence-electron chi connectivity index (χ0n) is 15.8. The molecule has 26 heavy (non-hydrogen) atoms. The van der Waals surface area contributed by atoms with Crippen molar-refractivity contribution in [2.45, 2.75) is 32.2 Å². The molecule has 1 saturated heterocycles. The van der Waals surface area contributed by atoms with Gasteiger partial charge in [-0.15, -0.1) is 0 Å². The van der Waals surface area contributed by atoms with Gasteiger partial charge in [0.25, 0.3) is 0 Å². The molecule has 0 aromatic heterocycles. The van der Waals surface area contributed by atoms with E-state index >= 15 is 0 Å². The fraction of sp³-hybridized carbons (Fsp3) is 0.280. The van der Waals surface area contributed by atoms with Crippen LogP contribution in [0.3, 0.4) is 0 Å². The summed E-state index contributed by atoms with van der Waals surface area (Å²) in [6, 6.07) is 28.9. The number of nitrogens with zero attached hydrogens (tertiary/aromatic N) is 1. The van der Waals surface area contributed by atoms with Crippen LogP contribution in [0.25, 0.3) is 0 Å². The standard InChI is InChI=1S/C25H27N/c1-20-12-6-8-16-23(20)25(26-18-10-11-19-26,22-14-4-3-5-15-22)24-17-9-7-13-21(24)2/h3-9,12-17H,10-11,18-19H2,1-2H3. The van der Waals surface area contributed by atoms with Gasteiger partial charge in [-0.05, 0) is 67.6 Å². The van der Waals surface area contributed by atoms with Crippen LogP contribution in [-0.4, -0.2) is 18.0 Å². The monoisotopic (exact) mass is 341 g/mol. The lowest BCUT2D eigenvalue weighted by atomic mass is 9.72. The molecule has 1 heteroatoms. The Balaban J connectivity index is 2.11. The first-order chi connectivity index (χ1) is 12.7. The summed E-state index contributed by atoms with van der Waals surface area (Å²) in [6.45, 7) is 6.78. The molecule has 0 radical (unpaired) electrons. The summed E-state index contributed by atoms with van der Waals surface area (Å²) in [5.74, 6) is 0. The van der Waals surface area contributed by atoms with Gasteiger partial charge in [0.1, 0.15) is 0 Å². The van der Waals surface area contributed by atoms with Crippen molar-refractivity contribution in [1.29, 1.82) is 0 Å². The predicted octanol–water partition coefficient (Wildman–Crippen LogP) is 5.69. The lowest BCUT2D eigenvalue weighted by molar-refractivity contribution is 0.197. The molecule has 3 aromatic carbocycles. The maximum atomic E-state index is 2.70. The zero-order chi connectivity index (χ0) is 18.0. The molecule has 1 aliphatic heterocycles. The highest BCUT2D eigenvalue weighted by Gasteiger charge is 2.44. The van der Waals surface area contributed by atoms with Crippen molar-refractivity contribution in [3.63, 3.8) is 0 Å². The number of aryl methyl sites for hydroxylation is 2. The SMILES string of the molecule is Cc1ccccc1C(c1ccccc1)(c1ccccc1C)N1CCCC1. The molecule has 0 atom stereocenters. The third-order valence-electron chi connectivity index (χ3n) is 5.84. The number of rotatable bonds is 4. The highest BCUT2D eigenvalue weighted by molar-refractivity contribution is 5.54. The van der Waals surface area contributed by atoms with Crippen LogP contribution in [0.1, 0.15) is 40.7 Å². The molecular weight excluding hydrogens is 314 g/mol. The number of hydrogen-bond donors (Lipinski definition) is 0. The van der Waals surface area contributed by atoms with E-state index in [1.54, 1.807) is 0 Å². The normalized spacial score (nSPS) is 15.3. The highest BCUT2D eigenvalue weighted by atomic mass is 15.2. The minimum Gasteiger partial charge on any atom is -0.286 e. The quantitative estimate of drug-likeness (QED) is 0.551. The molecule has 0 bridgehead atoms. The third kappa shape index (κ3) is 2.68. The Morgan fingerprint density at radius 3 is 1.58 bits per heavy atom. The minimum absolute atomic E-state index is 0.228. The van der Waals surface area contributed by atoms with Crippen LogP contribution in [0.15, 0.2) is 78.9 Å². The molecule has 1 aliphatic rings. The van der Waals surface area contributed by atoms with Crippen LogP contribution in [0.5, 0.6) is 0 Å². The van der Waals surface area contributed by atoms with Crippen molar-refractivity contribution in [3.05, 3.63) is 107 Å². The molecule has 132 valence electrons. The number of benzene rings is 3. The number of hydrogen-bond acceptors (Lipinski definition) is 1. The minimum atomic E-state index is -0.228. The van der Waals surface area contributed by atoms with Gasteiger partial charge in [-0.2, -0.15) is 0 Å². The summed E-state index contributed by atoms with van der Waals surface area (Å²) in [4.78, 5) is 2.70. The Kier molecular flexibility index (Phi) is 4.65. The van der Waals surface area contributed by atoms with Crippen molar-refractivity contribution in [1.82, 2.24) is 4.90 Å². The summed E-state index contributed by atoms with van der Waals surface area (Å²) < 4.78 is 0. The average molecular weight is 341 g/mol. The molecule has 1 heterocycles. The second kappa shape index (κ2) is 7.09. The molecule has 0 aliphatic carbocycles. The maximum absolute atomic E-state index is 2.70. The second-order valence-corrected chi connectivity index (χ2v) is 7.40.